The van der Waals surface area contributed by atoms with E-state index in [2.05, 4.69) is 21.2 Å². The molecule has 2 aliphatic rings. The van der Waals surface area contributed by atoms with Crippen LogP contribution >= 0.6 is 0 Å². The van der Waals surface area contributed by atoms with Crippen molar-refractivity contribution in [3.05, 3.63) is 59.4 Å². The number of allylic oxidation sites excluding steroid dienone is 1. The van der Waals surface area contributed by atoms with Crippen LogP contribution in [0.25, 0.3) is 0 Å². The topological polar surface area (TPSA) is 91.3 Å². The van der Waals surface area contributed by atoms with E-state index in [1.54, 1.807) is 37.4 Å². The van der Waals surface area contributed by atoms with Crippen LogP contribution in [-0.2, 0) is 16.6 Å². The number of rotatable bonds is 3. The van der Waals surface area contributed by atoms with E-state index < -0.39 is 36.1 Å². The standard InChI is InChI=1S/C19H19F3N6O2/c1-10-13(17(29)25-12-8-9-23-27(12)2)18(30)28-16(24-10)14(11-6-4-3-5-7-11)15(26-28)19(20,21)22/h3-9,14-16,24,26H,1-2H3,(H,25,29). The lowest BCUT2D eigenvalue weighted by Crippen LogP contribution is -2.56. The Hall–Kier alpha value is -3.34. The molecular formula is C19H19F3N6O2. The summed E-state index contributed by atoms with van der Waals surface area (Å²) in [5, 5.41) is 10.3. The Morgan fingerprint density at radius 3 is 2.50 bits per heavy atom. The first-order valence-corrected chi connectivity index (χ1v) is 9.16. The smallest absolute Gasteiger partial charge is 0.366 e. The maximum Gasteiger partial charge on any atom is 0.406 e. The molecule has 8 nitrogen and oxygen atoms in total. The van der Waals surface area contributed by atoms with Crippen molar-refractivity contribution in [1.82, 2.24) is 25.5 Å². The Balaban J connectivity index is 1.68. The van der Waals surface area contributed by atoms with Crippen molar-refractivity contribution in [2.75, 3.05) is 5.32 Å². The van der Waals surface area contributed by atoms with Crippen molar-refractivity contribution in [2.45, 2.75) is 31.2 Å². The zero-order valence-corrected chi connectivity index (χ0v) is 16.1. The van der Waals surface area contributed by atoms with E-state index in [0.717, 1.165) is 5.01 Å². The highest BCUT2D eigenvalue weighted by atomic mass is 19.4. The average molecular weight is 420 g/mol. The predicted molar refractivity (Wildman–Crippen MR) is 100 cm³/mol. The van der Waals surface area contributed by atoms with Crippen LogP contribution in [0.4, 0.5) is 19.0 Å². The second-order valence-corrected chi connectivity index (χ2v) is 7.14. The molecule has 3 atom stereocenters. The van der Waals surface area contributed by atoms with Gasteiger partial charge in [-0.05, 0) is 12.5 Å². The maximum absolute atomic E-state index is 13.8. The molecule has 158 valence electrons. The van der Waals surface area contributed by atoms with Crippen LogP contribution in [0.2, 0.25) is 0 Å². The number of aryl methyl sites for hydroxylation is 1. The molecule has 0 bridgehead atoms. The van der Waals surface area contributed by atoms with E-state index in [-0.39, 0.29) is 11.3 Å². The minimum absolute atomic E-state index is 0.200. The highest BCUT2D eigenvalue weighted by molar-refractivity contribution is 6.23. The summed E-state index contributed by atoms with van der Waals surface area (Å²) in [6, 6.07) is 7.72. The highest BCUT2D eigenvalue weighted by Gasteiger charge is 2.58. The normalized spacial score (nSPS) is 24.0. The van der Waals surface area contributed by atoms with Gasteiger partial charge in [-0.3, -0.25) is 14.3 Å². The minimum atomic E-state index is -4.61. The van der Waals surface area contributed by atoms with E-state index in [9.17, 15) is 22.8 Å². The number of alkyl halides is 3. The lowest BCUT2D eigenvalue weighted by Gasteiger charge is -2.34. The summed E-state index contributed by atoms with van der Waals surface area (Å²) in [5.41, 5.74) is 2.63. The number of halogens is 3. The van der Waals surface area contributed by atoms with Crippen molar-refractivity contribution >= 4 is 17.6 Å². The van der Waals surface area contributed by atoms with E-state index in [4.69, 9.17) is 0 Å². The number of hydrogen-bond donors (Lipinski definition) is 3. The van der Waals surface area contributed by atoms with E-state index in [0.29, 0.717) is 11.4 Å². The van der Waals surface area contributed by atoms with Crippen molar-refractivity contribution in [3.8, 4) is 0 Å². The molecule has 2 aromatic rings. The van der Waals surface area contributed by atoms with Crippen molar-refractivity contribution in [1.29, 1.82) is 0 Å². The van der Waals surface area contributed by atoms with Gasteiger partial charge in [-0.2, -0.15) is 18.3 Å². The molecule has 3 unspecified atom stereocenters. The van der Waals surface area contributed by atoms with Gasteiger partial charge in [0, 0.05) is 18.8 Å². The first-order valence-electron chi connectivity index (χ1n) is 9.16. The van der Waals surface area contributed by atoms with Crippen molar-refractivity contribution < 1.29 is 22.8 Å². The number of hydrogen-bond acceptors (Lipinski definition) is 5. The third kappa shape index (κ3) is 3.30. The number of carbonyl (C=O) groups is 2. The number of nitrogens with zero attached hydrogens (tertiary/aromatic N) is 3. The van der Waals surface area contributed by atoms with Gasteiger partial charge in [-0.15, -0.1) is 0 Å². The molecule has 4 rings (SSSR count). The number of anilines is 1. The van der Waals surface area contributed by atoms with Crippen LogP contribution in [0.1, 0.15) is 18.4 Å². The second kappa shape index (κ2) is 7.17. The Kier molecular flexibility index (Phi) is 4.77. The number of fused-ring (bicyclic) bond motifs is 1. The highest BCUT2D eigenvalue weighted by Crippen LogP contribution is 2.41. The number of aromatic nitrogens is 2. The fraction of sp³-hybridized carbons (Fsp3) is 0.316. The van der Waals surface area contributed by atoms with E-state index >= 15 is 0 Å². The van der Waals surface area contributed by atoms with Gasteiger partial charge in [0.25, 0.3) is 11.8 Å². The molecule has 1 aromatic carbocycles. The SMILES string of the molecule is CC1=C(C(=O)Nc2ccnn2C)C(=O)N2NC(C(F)(F)F)C(c3ccccc3)C2N1. The van der Waals surface area contributed by atoms with Gasteiger partial charge < -0.3 is 10.6 Å². The van der Waals surface area contributed by atoms with Crippen molar-refractivity contribution in [3.63, 3.8) is 0 Å². The van der Waals surface area contributed by atoms with Gasteiger partial charge in [0.15, 0.2) is 0 Å². The molecule has 0 radical (unpaired) electrons. The number of amides is 2. The molecule has 0 aliphatic carbocycles. The summed E-state index contributed by atoms with van der Waals surface area (Å²) < 4.78 is 42.7. The van der Waals surface area contributed by atoms with Gasteiger partial charge in [-0.1, -0.05) is 30.3 Å². The fourth-order valence-electron chi connectivity index (χ4n) is 3.84. The first-order chi connectivity index (χ1) is 14.2. The lowest BCUT2D eigenvalue weighted by atomic mass is 9.89. The summed E-state index contributed by atoms with van der Waals surface area (Å²) in [4.78, 5) is 25.7. The molecular weight excluding hydrogens is 401 g/mol. The number of carbonyl (C=O) groups excluding carboxylic acids is 2. The summed E-state index contributed by atoms with van der Waals surface area (Å²) in [7, 11) is 1.61. The average Bonchev–Trinajstić information content (AvgIpc) is 3.26. The Morgan fingerprint density at radius 2 is 1.90 bits per heavy atom. The number of nitrogens with one attached hydrogen (secondary N) is 3. The largest absolute Gasteiger partial charge is 0.406 e. The summed E-state index contributed by atoms with van der Waals surface area (Å²) in [5.74, 6) is -2.31. The maximum atomic E-state index is 13.8. The van der Waals surface area contributed by atoms with Gasteiger partial charge >= 0.3 is 6.18 Å². The van der Waals surface area contributed by atoms with Crippen LogP contribution in [0.3, 0.4) is 0 Å². The van der Waals surface area contributed by atoms with E-state index in [1.807, 2.05) is 0 Å². The second-order valence-electron chi connectivity index (χ2n) is 7.14. The molecule has 1 fully saturated rings. The zero-order valence-electron chi connectivity index (χ0n) is 16.1. The number of benzene rings is 1. The predicted octanol–water partition coefficient (Wildman–Crippen LogP) is 1.62. The summed E-state index contributed by atoms with van der Waals surface area (Å²) in [6.07, 6.45) is -4.14. The fourth-order valence-corrected chi connectivity index (χ4v) is 3.84. The Morgan fingerprint density at radius 1 is 1.20 bits per heavy atom. The number of hydrazine groups is 1. The molecule has 2 amide bonds. The van der Waals surface area contributed by atoms with Crippen LogP contribution in [-0.4, -0.2) is 45.0 Å². The lowest BCUT2D eigenvalue weighted by molar-refractivity contribution is -0.161. The van der Waals surface area contributed by atoms with Crippen LogP contribution in [0.5, 0.6) is 0 Å². The molecule has 1 saturated heterocycles. The molecule has 11 heteroatoms. The van der Waals surface area contributed by atoms with Gasteiger partial charge in [0.1, 0.15) is 23.6 Å². The summed E-state index contributed by atoms with van der Waals surface area (Å²) >= 11 is 0. The quantitative estimate of drug-likeness (QED) is 0.657. The molecule has 3 heterocycles. The van der Waals surface area contributed by atoms with Crippen molar-refractivity contribution in [2.24, 2.45) is 7.05 Å². The van der Waals surface area contributed by atoms with Gasteiger partial charge in [0.2, 0.25) is 0 Å². The molecule has 3 N–H and O–H groups in total. The molecule has 0 saturated carbocycles. The Labute approximate surface area is 169 Å². The molecule has 1 aromatic heterocycles. The Bertz CT molecular complexity index is 1020. The molecule has 30 heavy (non-hydrogen) atoms. The molecule has 2 aliphatic heterocycles. The van der Waals surface area contributed by atoms with Gasteiger partial charge in [-0.25, -0.2) is 10.4 Å². The van der Waals surface area contributed by atoms with Gasteiger partial charge in [0.05, 0.1) is 12.1 Å². The molecule has 0 spiro atoms. The minimum Gasteiger partial charge on any atom is -0.366 e. The third-order valence-electron chi connectivity index (χ3n) is 5.25. The monoisotopic (exact) mass is 420 g/mol. The van der Waals surface area contributed by atoms with Crippen LogP contribution in [0, 0.1) is 0 Å². The summed E-state index contributed by atoms with van der Waals surface area (Å²) in [6.45, 7) is 1.50. The van der Waals surface area contributed by atoms with E-state index in [1.165, 1.54) is 23.9 Å². The third-order valence-corrected chi connectivity index (χ3v) is 5.25. The van der Waals surface area contributed by atoms with Crippen LogP contribution < -0.4 is 16.1 Å². The first kappa shape index (κ1) is 20.0. The zero-order chi connectivity index (χ0) is 21.6. The van der Waals surface area contributed by atoms with Crippen LogP contribution in [0.15, 0.2) is 53.9 Å².